The Bertz CT molecular complexity index is 270. The zero-order valence-corrected chi connectivity index (χ0v) is 7.74. The third-order valence-electron chi connectivity index (χ3n) is 1.68. The Morgan fingerprint density at radius 3 is 3.08 bits per heavy atom. The molecule has 13 heavy (non-hydrogen) atoms. The highest BCUT2D eigenvalue weighted by Gasteiger charge is 2.18. The van der Waals surface area contributed by atoms with Crippen LogP contribution in [0.5, 0.6) is 0 Å². The van der Waals surface area contributed by atoms with E-state index in [0.717, 1.165) is 10.7 Å². The largest absolute Gasteiger partial charge is 0.352 e. The van der Waals surface area contributed by atoms with E-state index in [4.69, 9.17) is 5.84 Å². The highest BCUT2D eigenvalue weighted by Crippen LogP contribution is 1.94. The lowest BCUT2D eigenvalue weighted by atomic mass is 10.2. The van der Waals surface area contributed by atoms with E-state index in [1.165, 1.54) is 0 Å². The van der Waals surface area contributed by atoms with E-state index in [1.807, 2.05) is 13.8 Å². The average Bonchev–Trinajstić information content (AvgIpc) is 2.10. The van der Waals surface area contributed by atoms with Gasteiger partial charge in [-0.25, -0.2) is 16.1 Å². The van der Waals surface area contributed by atoms with Crippen molar-refractivity contribution in [1.82, 2.24) is 10.4 Å². The van der Waals surface area contributed by atoms with Crippen LogP contribution in [0.15, 0.2) is 10.1 Å². The second kappa shape index (κ2) is 3.99. The number of urea groups is 1. The summed E-state index contributed by atoms with van der Waals surface area (Å²) in [6, 6.07) is -0.395. The smallest absolute Gasteiger partial charge is 0.288 e. The molecule has 6 heteroatoms. The van der Waals surface area contributed by atoms with Gasteiger partial charge in [0.05, 0.1) is 12.3 Å². The summed E-state index contributed by atoms with van der Waals surface area (Å²) >= 11 is 0. The van der Waals surface area contributed by atoms with Gasteiger partial charge in [-0.1, -0.05) is 0 Å². The minimum Gasteiger partial charge on any atom is -0.288 e. The number of carbonyl (C=O) groups is 1. The van der Waals surface area contributed by atoms with Crippen LogP contribution in [0.2, 0.25) is 0 Å². The van der Waals surface area contributed by atoms with E-state index in [1.54, 1.807) is 0 Å². The van der Waals surface area contributed by atoms with Gasteiger partial charge in [0.25, 0.3) is 0 Å². The van der Waals surface area contributed by atoms with E-state index in [-0.39, 0.29) is 0 Å². The van der Waals surface area contributed by atoms with Gasteiger partial charge < -0.3 is 0 Å². The Morgan fingerprint density at radius 2 is 2.54 bits per heavy atom. The Balaban J connectivity index is 2.73. The van der Waals surface area contributed by atoms with Crippen LogP contribution in [0, 0.1) is 0 Å². The molecule has 0 fully saturated rings. The Kier molecular flexibility index (Phi) is 2.97. The van der Waals surface area contributed by atoms with Crippen LogP contribution < -0.4 is 11.3 Å². The maximum absolute atomic E-state index is 10.9. The fourth-order valence-corrected chi connectivity index (χ4v) is 0.972. The van der Waals surface area contributed by atoms with Gasteiger partial charge in [-0.3, -0.25) is 10.0 Å². The molecule has 0 aliphatic carbocycles. The summed E-state index contributed by atoms with van der Waals surface area (Å²) in [7, 11) is 0. The average molecular weight is 183 g/mol. The molecule has 0 aromatic heterocycles. The molecule has 0 unspecified atom stereocenters. The van der Waals surface area contributed by atoms with Gasteiger partial charge >= 0.3 is 6.03 Å². The summed E-state index contributed by atoms with van der Waals surface area (Å²) in [6.07, 6.45) is 0. The van der Waals surface area contributed by atoms with Gasteiger partial charge in [0.1, 0.15) is 5.71 Å². The monoisotopic (exact) mass is 183 g/mol. The SMILES string of the molecule is CC/N=C(\C)C1=NNC(=O)N(N)C1. The van der Waals surface area contributed by atoms with Gasteiger partial charge in [0, 0.05) is 6.54 Å². The van der Waals surface area contributed by atoms with Crippen molar-refractivity contribution in [3.8, 4) is 0 Å². The Labute approximate surface area is 76.5 Å². The van der Waals surface area contributed by atoms with Crippen LogP contribution in [0.25, 0.3) is 0 Å². The van der Waals surface area contributed by atoms with Crippen molar-refractivity contribution in [1.29, 1.82) is 0 Å². The number of hydrazone groups is 1. The summed E-state index contributed by atoms with van der Waals surface area (Å²) in [5.74, 6) is 5.39. The second-order valence-electron chi connectivity index (χ2n) is 2.66. The lowest BCUT2D eigenvalue weighted by Gasteiger charge is -2.21. The van der Waals surface area contributed by atoms with Crippen LogP contribution >= 0.6 is 0 Å². The maximum atomic E-state index is 10.9. The molecule has 0 saturated heterocycles. The molecule has 1 aliphatic rings. The molecular weight excluding hydrogens is 170 g/mol. The van der Waals surface area contributed by atoms with E-state index >= 15 is 0 Å². The number of nitrogens with two attached hydrogens (primary N) is 1. The minimum absolute atomic E-state index is 0.307. The molecule has 0 bridgehead atoms. The van der Waals surface area contributed by atoms with Gasteiger partial charge in [-0.2, -0.15) is 5.10 Å². The van der Waals surface area contributed by atoms with Crippen molar-refractivity contribution in [2.24, 2.45) is 15.9 Å². The van der Waals surface area contributed by atoms with Gasteiger partial charge in [0.2, 0.25) is 0 Å². The number of nitrogens with zero attached hydrogens (tertiary/aromatic N) is 3. The maximum Gasteiger partial charge on any atom is 0.352 e. The quantitative estimate of drug-likeness (QED) is 0.350. The molecule has 0 spiro atoms. The Hall–Kier alpha value is -1.43. The number of aliphatic imine (C=N–C) groups is 1. The summed E-state index contributed by atoms with van der Waals surface area (Å²) in [5, 5.41) is 4.91. The first kappa shape index (κ1) is 9.66. The third-order valence-corrected chi connectivity index (χ3v) is 1.68. The van der Waals surface area contributed by atoms with Crippen molar-refractivity contribution < 1.29 is 4.79 Å². The van der Waals surface area contributed by atoms with Crippen molar-refractivity contribution >= 4 is 17.5 Å². The van der Waals surface area contributed by atoms with Crippen LogP contribution in [-0.4, -0.2) is 35.6 Å². The second-order valence-corrected chi connectivity index (χ2v) is 2.66. The lowest BCUT2D eigenvalue weighted by Crippen LogP contribution is -2.51. The molecule has 0 aromatic rings. The lowest BCUT2D eigenvalue weighted by molar-refractivity contribution is 0.203. The van der Waals surface area contributed by atoms with Crippen molar-refractivity contribution in [2.75, 3.05) is 13.1 Å². The first-order chi connectivity index (χ1) is 6.15. The van der Waals surface area contributed by atoms with E-state index in [9.17, 15) is 4.79 Å². The fraction of sp³-hybridized carbons (Fsp3) is 0.571. The molecule has 2 amide bonds. The number of hydrazine groups is 1. The number of carbonyl (C=O) groups excluding carboxylic acids is 1. The van der Waals surface area contributed by atoms with Crippen LogP contribution in [0.3, 0.4) is 0 Å². The van der Waals surface area contributed by atoms with E-state index in [0.29, 0.717) is 18.8 Å². The van der Waals surface area contributed by atoms with Gasteiger partial charge in [0.15, 0.2) is 0 Å². The molecule has 1 aliphatic heterocycles. The summed E-state index contributed by atoms with van der Waals surface area (Å²) in [6.45, 7) is 4.78. The molecule has 0 atom stereocenters. The van der Waals surface area contributed by atoms with Crippen molar-refractivity contribution in [2.45, 2.75) is 13.8 Å². The first-order valence-corrected chi connectivity index (χ1v) is 4.05. The topological polar surface area (TPSA) is 83.1 Å². The molecule has 1 rings (SSSR count). The normalized spacial score (nSPS) is 18.4. The molecule has 0 aromatic carbocycles. The molecule has 3 N–H and O–H groups in total. The zero-order valence-electron chi connectivity index (χ0n) is 7.74. The number of hydrogen-bond donors (Lipinski definition) is 2. The van der Waals surface area contributed by atoms with Crippen LogP contribution in [0.4, 0.5) is 4.79 Å². The van der Waals surface area contributed by atoms with Crippen molar-refractivity contribution in [3.63, 3.8) is 0 Å². The molecule has 0 radical (unpaired) electrons. The number of amides is 2. The van der Waals surface area contributed by atoms with Crippen LogP contribution in [0.1, 0.15) is 13.8 Å². The predicted octanol–water partition coefficient (Wildman–Crippen LogP) is -0.278. The summed E-state index contributed by atoms with van der Waals surface area (Å²) < 4.78 is 0. The minimum atomic E-state index is -0.395. The summed E-state index contributed by atoms with van der Waals surface area (Å²) in [4.78, 5) is 15.0. The zero-order chi connectivity index (χ0) is 9.84. The first-order valence-electron chi connectivity index (χ1n) is 4.05. The number of nitrogens with one attached hydrogen (secondary N) is 1. The third kappa shape index (κ3) is 2.25. The Morgan fingerprint density at radius 1 is 1.85 bits per heavy atom. The van der Waals surface area contributed by atoms with E-state index in [2.05, 4.69) is 15.5 Å². The van der Waals surface area contributed by atoms with Crippen LogP contribution in [-0.2, 0) is 0 Å². The highest BCUT2D eigenvalue weighted by molar-refractivity contribution is 6.42. The summed E-state index contributed by atoms with van der Waals surface area (Å²) in [5.41, 5.74) is 3.79. The fourth-order valence-electron chi connectivity index (χ4n) is 0.972. The molecule has 72 valence electrons. The molecule has 0 saturated carbocycles. The molecule has 1 heterocycles. The predicted molar refractivity (Wildman–Crippen MR) is 50.5 cm³/mol. The van der Waals surface area contributed by atoms with Crippen molar-refractivity contribution in [3.05, 3.63) is 0 Å². The molecule has 6 nitrogen and oxygen atoms in total. The van der Waals surface area contributed by atoms with Gasteiger partial charge in [-0.15, -0.1) is 0 Å². The standard InChI is InChI=1S/C7H13N5O/c1-3-9-5(2)6-4-12(8)7(13)11-10-6/h3-4,8H2,1-2H3,(H,11,13)/b9-5+. The van der Waals surface area contributed by atoms with Gasteiger partial charge in [-0.05, 0) is 13.8 Å². The number of hydrogen-bond acceptors (Lipinski definition) is 4. The molecular formula is C7H13N5O. The number of rotatable bonds is 2. The van der Waals surface area contributed by atoms with E-state index < -0.39 is 6.03 Å². The highest BCUT2D eigenvalue weighted by atomic mass is 16.2.